The van der Waals surface area contributed by atoms with E-state index in [1.165, 1.54) is 12.1 Å². The van der Waals surface area contributed by atoms with Gasteiger partial charge in [-0.05, 0) is 103 Å². The highest BCUT2D eigenvalue weighted by Gasteiger charge is 2.35. The molecule has 0 aliphatic heterocycles. The fraction of sp³-hybridized carbons (Fsp3) is 1.00. The average Bonchev–Trinajstić information content (AvgIpc) is 2.49. The summed E-state index contributed by atoms with van der Waals surface area (Å²) in [4.78, 5) is 0. The van der Waals surface area contributed by atoms with Crippen LogP contribution in [0.4, 0.5) is 0 Å². The summed E-state index contributed by atoms with van der Waals surface area (Å²) in [6.45, 7) is 27.6. The van der Waals surface area contributed by atoms with Crippen LogP contribution in [0.3, 0.4) is 0 Å². The minimum absolute atomic E-state index is 0.959. The summed E-state index contributed by atoms with van der Waals surface area (Å²) in [5, 5.41) is 0. The summed E-state index contributed by atoms with van der Waals surface area (Å²) in [5.74, 6) is 0. The molecule has 0 fully saturated rings. The molecule has 0 aromatic carbocycles. The first kappa shape index (κ1) is 30.3. The Morgan fingerprint density at radius 3 is 1.03 bits per heavy atom. The van der Waals surface area contributed by atoms with Crippen molar-refractivity contribution in [2.75, 3.05) is 7.11 Å². The maximum Gasteiger partial charge on any atom is 0.307 e. The molecule has 0 amide bonds. The highest BCUT2D eigenvalue weighted by molar-refractivity contribution is 6.85. The van der Waals surface area contributed by atoms with Gasteiger partial charge in [-0.25, -0.2) is 0 Å². The standard InChI is InChI=1S/C17H50O5Si7/c1-18-24(4)20-27(8,9)16-17-29(12,13)22-25(5)21-28(10,11)15-14-26(6,7)19-23(2)3/h23-25H,14-17H2,1-13H3. The van der Waals surface area contributed by atoms with Crippen LogP contribution in [0, 0.1) is 0 Å². The molecule has 0 aliphatic carbocycles. The van der Waals surface area contributed by atoms with Crippen molar-refractivity contribution in [3.05, 3.63) is 0 Å². The van der Waals surface area contributed by atoms with Crippen molar-refractivity contribution < 1.29 is 20.9 Å². The SMILES string of the molecule is CO[SiH](C)O[Si](C)(C)CC[Si](C)(C)O[SiH](C)O[Si](C)(C)CC[Si](C)(C)O[SiH](C)C. The topological polar surface area (TPSA) is 46.2 Å². The van der Waals surface area contributed by atoms with E-state index in [1.54, 1.807) is 7.11 Å². The Balaban J connectivity index is 4.59. The second-order valence-corrected chi connectivity index (χ2v) is 35.6. The lowest BCUT2D eigenvalue weighted by Crippen LogP contribution is -2.46. The lowest BCUT2D eigenvalue weighted by atomic mass is 10.9. The normalized spacial score (nSPS) is 16.3. The quantitative estimate of drug-likeness (QED) is 0.272. The van der Waals surface area contributed by atoms with Crippen molar-refractivity contribution in [1.29, 1.82) is 0 Å². The second kappa shape index (κ2) is 12.5. The molecule has 29 heavy (non-hydrogen) atoms. The van der Waals surface area contributed by atoms with Crippen molar-refractivity contribution >= 4 is 60.9 Å². The Morgan fingerprint density at radius 1 is 0.483 bits per heavy atom. The lowest BCUT2D eigenvalue weighted by Gasteiger charge is -2.35. The molecule has 0 aromatic heterocycles. The zero-order chi connectivity index (χ0) is 23.1. The van der Waals surface area contributed by atoms with Crippen LogP contribution < -0.4 is 0 Å². The van der Waals surface area contributed by atoms with Crippen LogP contribution >= 0.6 is 0 Å². The smallest absolute Gasteiger partial charge is 0.307 e. The van der Waals surface area contributed by atoms with Crippen molar-refractivity contribution in [3.8, 4) is 0 Å². The third-order valence-corrected chi connectivity index (χ3v) is 28.6. The maximum absolute atomic E-state index is 6.62. The summed E-state index contributed by atoms with van der Waals surface area (Å²) in [6, 6.07) is 4.68. The molecule has 12 heteroatoms. The van der Waals surface area contributed by atoms with Gasteiger partial charge in [-0.1, -0.05) is 0 Å². The summed E-state index contributed by atoms with van der Waals surface area (Å²) in [7, 11) is -8.94. The first-order valence-corrected chi connectivity index (χ1v) is 30.6. The van der Waals surface area contributed by atoms with Crippen LogP contribution in [0.2, 0.25) is 103 Å². The van der Waals surface area contributed by atoms with Gasteiger partial charge < -0.3 is 20.9 Å². The molecule has 2 unspecified atom stereocenters. The summed E-state index contributed by atoms with van der Waals surface area (Å²) in [5.41, 5.74) is 0. The summed E-state index contributed by atoms with van der Waals surface area (Å²) in [6.07, 6.45) is 0. The number of hydrogen-bond donors (Lipinski definition) is 0. The Bertz CT molecular complexity index is 475. The van der Waals surface area contributed by atoms with Gasteiger partial charge in [-0.3, -0.25) is 0 Å². The van der Waals surface area contributed by atoms with E-state index in [2.05, 4.69) is 78.6 Å². The van der Waals surface area contributed by atoms with E-state index < -0.39 is 60.9 Å². The van der Waals surface area contributed by atoms with Crippen molar-refractivity contribution in [1.82, 2.24) is 0 Å². The van der Waals surface area contributed by atoms with E-state index in [9.17, 15) is 0 Å². The summed E-state index contributed by atoms with van der Waals surface area (Å²) >= 11 is 0. The van der Waals surface area contributed by atoms with Crippen molar-refractivity contribution in [2.45, 2.75) is 103 Å². The van der Waals surface area contributed by atoms with Crippen LogP contribution in [0.15, 0.2) is 0 Å². The van der Waals surface area contributed by atoms with Gasteiger partial charge in [-0.2, -0.15) is 0 Å². The van der Waals surface area contributed by atoms with Gasteiger partial charge in [0.15, 0.2) is 42.3 Å². The van der Waals surface area contributed by atoms with Crippen molar-refractivity contribution in [2.24, 2.45) is 0 Å². The first-order valence-electron chi connectivity index (χ1n) is 11.1. The van der Waals surface area contributed by atoms with E-state index in [1.807, 2.05) is 0 Å². The molecule has 0 bridgehead atoms. The molecule has 0 aliphatic rings. The van der Waals surface area contributed by atoms with Gasteiger partial charge in [0.1, 0.15) is 0 Å². The molecule has 0 aromatic rings. The number of hydrogen-bond acceptors (Lipinski definition) is 5. The molecule has 2 atom stereocenters. The van der Waals surface area contributed by atoms with Gasteiger partial charge in [0, 0.05) is 7.11 Å². The van der Waals surface area contributed by atoms with E-state index in [0.29, 0.717) is 0 Å². The molecule has 5 nitrogen and oxygen atoms in total. The Morgan fingerprint density at radius 2 is 0.759 bits per heavy atom. The van der Waals surface area contributed by atoms with E-state index in [0.717, 1.165) is 12.1 Å². The van der Waals surface area contributed by atoms with Crippen LogP contribution in [0.1, 0.15) is 0 Å². The molecular weight excluding hydrogens is 481 g/mol. The van der Waals surface area contributed by atoms with Crippen LogP contribution in [0.5, 0.6) is 0 Å². The highest BCUT2D eigenvalue weighted by Crippen LogP contribution is 2.26. The predicted molar refractivity (Wildman–Crippen MR) is 145 cm³/mol. The number of rotatable bonds is 15. The largest absolute Gasteiger partial charge is 0.458 e. The van der Waals surface area contributed by atoms with E-state index >= 15 is 0 Å². The molecule has 0 heterocycles. The minimum atomic E-state index is -1.74. The van der Waals surface area contributed by atoms with Crippen molar-refractivity contribution in [3.63, 3.8) is 0 Å². The highest BCUT2D eigenvalue weighted by atomic mass is 28.4. The van der Waals surface area contributed by atoms with Gasteiger partial charge in [0.05, 0.1) is 0 Å². The zero-order valence-electron chi connectivity index (χ0n) is 21.6. The van der Waals surface area contributed by atoms with Gasteiger partial charge >= 0.3 is 9.28 Å². The Kier molecular flexibility index (Phi) is 13.1. The van der Waals surface area contributed by atoms with Crippen LogP contribution in [-0.2, 0) is 20.9 Å². The van der Waals surface area contributed by atoms with Gasteiger partial charge in [0.25, 0.3) is 9.28 Å². The molecule has 0 radical (unpaired) electrons. The van der Waals surface area contributed by atoms with Crippen LogP contribution in [0.25, 0.3) is 0 Å². The predicted octanol–water partition coefficient (Wildman–Crippen LogP) is 5.20. The molecule has 0 N–H and O–H groups in total. The minimum Gasteiger partial charge on any atom is -0.458 e. The molecule has 0 spiro atoms. The third kappa shape index (κ3) is 15.7. The van der Waals surface area contributed by atoms with Gasteiger partial charge in [0.2, 0.25) is 0 Å². The summed E-state index contributed by atoms with van der Waals surface area (Å²) < 4.78 is 31.3. The van der Waals surface area contributed by atoms with Crippen LogP contribution in [-0.4, -0.2) is 68.0 Å². The average molecular weight is 531 g/mol. The zero-order valence-corrected chi connectivity index (χ0v) is 29.1. The monoisotopic (exact) mass is 530 g/mol. The molecule has 176 valence electrons. The second-order valence-electron chi connectivity index (χ2n) is 10.9. The maximum atomic E-state index is 6.62. The first-order chi connectivity index (χ1) is 12.9. The van der Waals surface area contributed by atoms with E-state index in [-0.39, 0.29) is 0 Å². The lowest BCUT2D eigenvalue weighted by molar-refractivity contribution is 0.338. The fourth-order valence-corrected chi connectivity index (χ4v) is 31.9. The Labute approximate surface area is 191 Å². The van der Waals surface area contributed by atoms with E-state index in [4.69, 9.17) is 20.9 Å². The Hall–Kier alpha value is 1.32. The van der Waals surface area contributed by atoms with Gasteiger partial charge in [-0.15, -0.1) is 0 Å². The molecule has 0 saturated heterocycles. The third-order valence-electron chi connectivity index (χ3n) is 5.00. The molecule has 0 rings (SSSR count). The fourth-order valence-electron chi connectivity index (χ4n) is 3.50. The molecular formula is C17H50O5Si7. The molecule has 0 saturated carbocycles.